The van der Waals surface area contributed by atoms with Gasteiger partial charge >= 0.3 is 0 Å². The Morgan fingerprint density at radius 3 is 2.63 bits per heavy atom. The summed E-state index contributed by atoms with van der Waals surface area (Å²) in [6, 6.07) is 0. The smallest absolute Gasteiger partial charge is 0.0982 e. The van der Waals surface area contributed by atoms with Crippen LogP contribution in [0.5, 0.6) is 0 Å². The minimum absolute atomic E-state index is 0.143. The first-order valence-corrected chi connectivity index (χ1v) is 8.11. The number of hydrogen-bond acceptors (Lipinski definition) is 4. The third kappa shape index (κ3) is 6.02. The van der Waals surface area contributed by atoms with E-state index in [1.165, 1.54) is 17.8 Å². The second-order valence-electron chi connectivity index (χ2n) is 6.19. The number of rotatable bonds is 8. The summed E-state index contributed by atoms with van der Waals surface area (Å²) in [4.78, 5) is 4.68. The summed E-state index contributed by atoms with van der Waals surface area (Å²) in [6.07, 6.45) is 3.25. The van der Waals surface area contributed by atoms with Crippen LogP contribution in [-0.4, -0.2) is 23.2 Å². The highest BCUT2D eigenvalue weighted by Crippen LogP contribution is 2.25. The maximum atomic E-state index is 9.03. The fourth-order valence-electron chi connectivity index (χ4n) is 2.08. The van der Waals surface area contributed by atoms with E-state index in [-0.39, 0.29) is 12.0 Å². The molecule has 0 aliphatic carbocycles. The van der Waals surface area contributed by atoms with E-state index in [4.69, 9.17) is 5.11 Å². The Kier molecular flexibility index (Phi) is 6.97. The molecule has 0 spiro atoms. The molecule has 1 unspecified atom stereocenters. The molecule has 3 nitrogen and oxygen atoms in total. The van der Waals surface area contributed by atoms with E-state index in [0.29, 0.717) is 5.92 Å². The van der Waals surface area contributed by atoms with Crippen LogP contribution in [0.2, 0.25) is 0 Å². The molecule has 1 rings (SSSR count). The molecule has 0 radical (unpaired) electrons. The van der Waals surface area contributed by atoms with Gasteiger partial charge in [-0.25, -0.2) is 4.98 Å². The lowest BCUT2D eigenvalue weighted by Gasteiger charge is -2.15. The number of aliphatic hydroxyl groups excluding tert-OH is 1. The van der Waals surface area contributed by atoms with E-state index in [0.717, 1.165) is 25.2 Å². The molecule has 0 fully saturated rings. The molecule has 0 saturated carbocycles. The van der Waals surface area contributed by atoms with Crippen molar-refractivity contribution in [2.24, 2.45) is 5.92 Å². The van der Waals surface area contributed by atoms with Gasteiger partial charge in [0, 0.05) is 23.9 Å². The summed E-state index contributed by atoms with van der Waals surface area (Å²) in [6.45, 7) is 10.9. The van der Waals surface area contributed by atoms with Crippen LogP contribution in [0, 0.1) is 5.92 Å². The van der Waals surface area contributed by atoms with E-state index >= 15 is 0 Å². The highest BCUT2D eigenvalue weighted by Gasteiger charge is 2.17. The molecule has 19 heavy (non-hydrogen) atoms. The Balaban J connectivity index is 2.38. The average molecular weight is 284 g/mol. The Labute approximate surface area is 121 Å². The molecule has 0 amide bonds. The zero-order chi connectivity index (χ0) is 14.3. The molecule has 1 heterocycles. The first-order chi connectivity index (χ1) is 8.97. The Bertz CT molecular complexity index is 351. The number of thiazole rings is 1. The van der Waals surface area contributed by atoms with Crippen molar-refractivity contribution in [1.29, 1.82) is 0 Å². The number of hydrogen-bond donors (Lipinski definition) is 2. The molecule has 2 N–H and O–H groups in total. The maximum absolute atomic E-state index is 9.03. The summed E-state index contributed by atoms with van der Waals surface area (Å²) in [5.41, 5.74) is 1.28. The molecular weight excluding hydrogens is 256 g/mol. The van der Waals surface area contributed by atoms with E-state index < -0.39 is 0 Å². The molecule has 1 aromatic heterocycles. The lowest BCUT2D eigenvalue weighted by Crippen LogP contribution is -2.23. The summed E-state index contributed by atoms with van der Waals surface area (Å²) in [5.74, 6) is 0.579. The van der Waals surface area contributed by atoms with Crippen LogP contribution in [0.3, 0.4) is 0 Å². The van der Waals surface area contributed by atoms with Gasteiger partial charge in [-0.1, -0.05) is 34.1 Å². The van der Waals surface area contributed by atoms with Crippen LogP contribution in [-0.2, 0) is 12.0 Å². The van der Waals surface area contributed by atoms with Crippen molar-refractivity contribution in [3.8, 4) is 0 Å². The van der Waals surface area contributed by atoms with Crippen molar-refractivity contribution in [1.82, 2.24) is 10.3 Å². The third-order valence-corrected chi connectivity index (χ3v) is 4.48. The van der Waals surface area contributed by atoms with Gasteiger partial charge in [0.1, 0.15) is 0 Å². The molecule has 0 saturated heterocycles. The molecule has 0 aliphatic heterocycles. The van der Waals surface area contributed by atoms with Crippen molar-refractivity contribution in [2.45, 2.75) is 58.9 Å². The van der Waals surface area contributed by atoms with Crippen molar-refractivity contribution in [3.05, 3.63) is 16.1 Å². The fourth-order valence-corrected chi connectivity index (χ4v) is 2.98. The number of nitrogens with zero attached hydrogens (tertiary/aromatic N) is 1. The van der Waals surface area contributed by atoms with Crippen molar-refractivity contribution < 1.29 is 5.11 Å². The van der Waals surface area contributed by atoms with E-state index in [1.54, 1.807) is 11.3 Å². The zero-order valence-electron chi connectivity index (χ0n) is 12.7. The second-order valence-corrected chi connectivity index (χ2v) is 7.05. The van der Waals surface area contributed by atoms with Gasteiger partial charge in [0.25, 0.3) is 0 Å². The maximum Gasteiger partial charge on any atom is 0.0982 e. The first kappa shape index (κ1) is 16.6. The zero-order valence-corrected chi connectivity index (χ0v) is 13.5. The number of aromatic nitrogens is 1. The molecular formula is C15H28N2OS. The van der Waals surface area contributed by atoms with Crippen molar-refractivity contribution >= 4 is 11.3 Å². The lowest BCUT2D eigenvalue weighted by atomic mass is 9.98. The van der Waals surface area contributed by atoms with Crippen LogP contribution in [0.1, 0.15) is 57.7 Å². The lowest BCUT2D eigenvalue weighted by molar-refractivity contribution is 0.248. The predicted octanol–water partition coefficient (Wildman–Crippen LogP) is 3.33. The molecule has 0 aliphatic rings. The van der Waals surface area contributed by atoms with Gasteiger partial charge in [0.15, 0.2) is 0 Å². The molecule has 1 aromatic rings. The highest BCUT2D eigenvalue weighted by molar-refractivity contribution is 7.09. The standard InChI is InChI=1S/C15H28N2OS/c1-5-6-12(7-8-18)9-16-10-13-11-19-14(17-13)15(2,3)4/h11-12,16,18H,5-10H2,1-4H3. The quantitative estimate of drug-likeness (QED) is 0.769. The van der Waals surface area contributed by atoms with Crippen LogP contribution in [0.4, 0.5) is 0 Å². The third-order valence-electron chi connectivity index (χ3n) is 3.17. The van der Waals surface area contributed by atoms with Gasteiger partial charge in [0.2, 0.25) is 0 Å². The molecule has 110 valence electrons. The Morgan fingerprint density at radius 2 is 2.11 bits per heavy atom. The first-order valence-electron chi connectivity index (χ1n) is 7.23. The van der Waals surface area contributed by atoms with Crippen LogP contribution >= 0.6 is 11.3 Å². The monoisotopic (exact) mass is 284 g/mol. The molecule has 0 aromatic carbocycles. The molecule has 4 heteroatoms. The van der Waals surface area contributed by atoms with Crippen molar-refractivity contribution in [3.63, 3.8) is 0 Å². The van der Waals surface area contributed by atoms with E-state index in [2.05, 4.69) is 43.4 Å². The summed E-state index contributed by atoms with van der Waals surface area (Å²) in [5, 5.41) is 15.8. The van der Waals surface area contributed by atoms with Gasteiger partial charge in [-0.15, -0.1) is 11.3 Å². The largest absolute Gasteiger partial charge is 0.396 e. The van der Waals surface area contributed by atoms with Gasteiger partial charge in [-0.2, -0.15) is 0 Å². The minimum Gasteiger partial charge on any atom is -0.396 e. The summed E-state index contributed by atoms with van der Waals surface area (Å²) < 4.78 is 0. The van der Waals surface area contributed by atoms with Gasteiger partial charge in [-0.05, 0) is 25.3 Å². The summed E-state index contributed by atoms with van der Waals surface area (Å²) >= 11 is 1.74. The summed E-state index contributed by atoms with van der Waals surface area (Å²) in [7, 11) is 0. The predicted molar refractivity (Wildman–Crippen MR) is 82.6 cm³/mol. The van der Waals surface area contributed by atoms with Crippen LogP contribution in [0.25, 0.3) is 0 Å². The fraction of sp³-hybridized carbons (Fsp3) is 0.800. The van der Waals surface area contributed by atoms with Gasteiger partial charge < -0.3 is 10.4 Å². The Hall–Kier alpha value is -0.450. The highest BCUT2D eigenvalue weighted by atomic mass is 32.1. The normalized spacial score (nSPS) is 13.7. The molecule has 1 atom stereocenters. The minimum atomic E-state index is 0.143. The van der Waals surface area contributed by atoms with Crippen LogP contribution in [0.15, 0.2) is 5.38 Å². The van der Waals surface area contributed by atoms with E-state index in [1.807, 2.05) is 0 Å². The van der Waals surface area contributed by atoms with Gasteiger partial charge in [-0.3, -0.25) is 0 Å². The topological polar surface area (TPSA) is 45.1 Å². The average Bonchev–Trinajstić information content (AvgIpc) is 2.78. The number of nitrogens with one attached hydrogen (secondary N) is 1. The van der Waals surface area contributed by atoms with E-state index in [9.17, 15) is 0 Å². The Morgan fingerprint density at radius 1 is 1.37 bits per heavy atom. The SMILES string of the molecule is CCCC(CCO)CNCc1csc(C(C)(C)C)n1. The second kappa shape index (κ2) is 7.98. The molecule has 0 bridgehead atoms. The number of aliphatic hydroxyl groups is 1. The van der Waals surface area contributed by atoms with Gasteiger partial charge in [0.05, 0.1) is 10.7 Å². The van der Waals surface area contributed by atoms with Crippen molar-refractivity contribution in [2.75, 3.05) is 13.2 Å². The van der Waals surface area contributed by atoms with Crippen LogP contribution < -0.4 is 5.32 Å².